The molecule has 3 heterocycles. The van der Waals surface area contributed by atoms with Gasteiger partial charge in [-0.1, -0.05) is 44.2 Å². The number of nitrogens with zero attached hydrogens (tertiary/aromatic N) is 4. The minimum atomic E-state index is -0.489. The van der Waals surface area contributed by atoms with E-state index >= 15 is 0 Å². The molecule has 2 aromatic heterocycles. The summed E-state index contributed by atoms with van der Waals surface area (Å²) < 4.78 is 1.37. The van der Waals surface area contributed by atoms with Gasteiger partial charge in [0.25, 0.3) is 0 Å². The first-order valence-electron chi connectivity index (χ1n) is 12.6. The molecule has 1 atom stereocenters. The first-order valence-corrected chi connectivity index (χ1v) is 13.4. The first kappa shape index (κ1) is 24.6. The smallest absolute Gasteiger partial charge is 0.240 e. The molecule has 0 saturated carbocycles. The molecule has 0 unspecified atom stereocenters. The highest BCUT2D eigenvalue weighted by Gasteiger charge is 2.23. The van der Waals surface area contributed by atoms with Crippen LogP contribution in [0.2, 0.25) is 0 Å². The minimum Gasteiger partial charge on any atom is -0.368 e. The molecule has 3 N–H and O–H groups in total. The van der Waals surface area contributed by atoms with Crippen LogP contribution in [0.1, 0.15) is 30.1 Å². The molecule has 1 aliphatic heterocycles. The van der Waals surface area contributed by atoms with Crippen molar-refractivity contribution in [3.63, 3.8) is 0 Å². The van der Waals surface area contributed by atoms with Gasteiger partial charge in [0.15, 0.2) is 0 Å². The van der Waals surface area contributed by atoms with Gasteiger partial charge < -0.3 is 11.1 Å². The topological polar surface area (TPSA) is 87.4 Å². The van der Waals surface area contributed by atoms with Crippen LogP contribution in [0.3, 0.4) is 0 Å². The van der Waals surface area contributed by atoms with Crippen molar-refractivity contribution in [1.29, 1.82) is 0 Å². The monoisotopic (exact) mass is 502 g/mol. The standard InChI is InChI=1S/C28H34N6OS/c1-18(2)26(27(29)35)32-28-21-9-4-6-10-22(21)30-25(31-28)17-34-14-12-33(13-15-34)16-24-19(3)20-8-5-7-11-23(20)36-24/h4-11,18,26H,12-17H2,1-3H3,(H2,29,35)(H,30,31,32)/t26-/m0/s1. The van der Waals surface area contributed by atoms with Crippen LogP contribution in [0.5, 0.6) is 0 Å². The summed E-state index contributed by atoms with van der Waals surface area (Å²) >= 11 is 1.92. The van der Waals surface area contributed by atoms with Gasteiger partial charge in [-0.15, -0.1) is 11.3 Å². The molecular formula is C28H34N6OS. The van der Waals surface area contributed by atoms with Crippen molar-refractivity contribution in [2.75, 3.05) is 31.5 Å². The second kappa shape index (κ2) is 10.5. The van der Waals surface area contributed by atoms with Crippen LogP contribution in [0.25, 0.3) is 21.0 Å². The van der Waals surface area contributed by atoms with Crippen molar-refractivity contribution in [2.45, 2.75) is 39.9 Å². The highest BCUT2D eigenvalue weighted by molar-refractivity contribution is 7.19. The summed E-state index contributed by atoms with van der Waals surface area (Å²) in [7, 11) is 0. The van der Waals surface area contributed by atoms with Gasteiger partial charge in [0, 0.05) is 47.7 Å². The Morgan fingerprint density at radius 1 is 0.972 bits per heavy atom. The molecule has 2 aromatic carbocycles. The van der Waals surface area contributed by atoms with Crippen molar-refractivity contribution in [1.82, 2.24) is 19.8 Å². The maximum Gasteiger partial charge on any atom is 0.240 e. The van der Waals surface area contributed by atoms with Gasteiger partial charge in [0.05, 0.1) is 12.1 Å². The molecule has 0 radical (unpaired) electrons. The van der Waals surface area contributed by atoms with Crippen LogP contribution in [0.15, 0.2) is 48.5 Å². The Morgan fingerprint density at radius 3 is 2.28 bits per heavy atom. The van der Waals surface area contributed by atoms with Crippen LogP contribution < -0.4 is 11.1 Å². The Morgan fingerprint density at radius 2 is 1.61 bits per heavy atom. The van der Waals surface area contributed by atoms with Crippen LogP contribution >= 0.6 is 11.3 Å². The Labute approximate surface area is 216 Å². The number of piperazine rings is 1. The third-order valence-electron chi connectivity index (χ3n) is 7.05. The number of aromatic nitrogens is 2. The number of carbonyl (C=O) groups is 1. The summed E-state index contributed by atoms with van der Waals surface area (Å²) in [5.41, 5.74) is 7.95. The summed E-state index contributed by atoms with van der Waals surface area (Å²) in [6.45, 7) is 11.9. The predicted octanol–water partition coefficient (Wildman–Crippen LogP) is 4.39. The van der Waals surface area contributed by atoms with E-state index in [2.05, 4.69) is 46.3 Å². The van der Waals surface area contributed by atoms with Crippen molar-refractivity contribution in [2.24, 2.45) is 11.7 Å². The summed E-state index contributed by atoms with van der Waals surface area (Å²) in [5, 5.41) is 5.58. The molecule has 188 valence electrons. The molecule has 1 fully saturated rings. The number of rotatable bonds is 8. The number of nitrogens with one attached hydrogen (secondary N) is 1. The zero-order valence-corrected chi connectivity index (χ0v) is 22.0. The van der Waals surface area contributed by atoms with E-state index in [4.69, 9.17) is 15.7 Å². The lowest BCUT2D eigenvalue weighted by Gasteiger charge is -2.34. The number of benzene rings is 2. The Bertz CT molecular complexity index is 1380. The van der Waals surface area contributed by atoms with E-state index in [0.29, 0.717) is 12.4 Å². The molecular weight excluding hydrogens is 468 g/mol. The largest absolute Gasteiger partial charge is 0.368 e. The van der Waals surface area contributed by atoms with Gasteiger partial charge >= 0.3 is 0 Å². The summed E-state index contributed by atoms with van der Waals surface area (Å²) in [6.07, 6.45) is 0. The maximum absolute atomic E-state index is 12.0. The van der Waals surface area contributed by atoms with Gasteiger partial charge in [0.2, 0.25) is 5.91 Å². The van der Waals surface area contributed by atoms with Crippen molar-refractivity contribution in [3.05, 3.63) is 64.8 Å². The van der Waals surface area contributed by atoms with Crippen LogP contribution in [0, 0.1) is 12.8 Å². The van der Waals surface area contributed by atoms with Crippen LogP contribution in [-0.4, -0.2) is 57.9 Å². The number of amides is 1. The molecule has 7 nitrogen and oxygen atoms in total. The number of aryl methyl sites for hydroxylation is 1. The number of thiophene rings is 1. The molecule has 1 saturated heterocycles. The van der Waals surface area contributed by atoms with E-state index in [1.165, 1.54) is 20.5 Å². The fourth-order valence-electron chi connectivity index (χ4n) is 4.90. The number of hydrogen-bond donors (Lipinski definition) is 2. The lowest BCUT2D eigenvalue weighted by Crippen LogP contribution is -2.45. The molecule has 4 aromatic rings. The SMILES string of the molecule is Cc1c(CN2CCN(Cc3nc(N[C@H](C(N)=O)C(C)C)c4ccccc4n3)CC2)sc2ccccc12. The molecule has 5 rings (SSSR count). The van der Waals surface area contributed by atoms with Gasteiger partial charge in [-0.3, -0.25) is 14.6 Å². The fraction of sp³-hybridized carbons (Fsp3) is 0.393. The molecule has 0 spiro atoms. The van der Waals surface area contributed by atoms with Crippen molar-refractivity contribution >= 4 is 44.1 Å². The molecule has 1 aliphatic rings. The molecule has 1 amide bonds. The number of primary amides is 1. The zero-order chi connectivity index (χ0) is 25.2. The third kappa shape index (κ3) is 5.21. The van der Waals surface area contributed by atoms with Gasteiger partial charge in [0.1, 0.15) is 17.7 Å². The molecule has 36 heavy (non-hydrogen) atoms. The van der Waals surface area contributed by atoms with E-state index in [1.807, 2.05) is 49.4 Å². The third-order valence-corrected chi connectivity index (χ3v) is 8.31. The Hall–Kier alpha value is -3.07. The average Bonchev–Trinajstić information content (AvgIpc) is 3.18. The molecule has 0 aliphatic carbocycles. The van der Waals surface area contributed by atoms with Crippen molar-refractivity contribution in [3.8, 4) is 0 Å². The van der Waals surface area contributed by atoms with E-state index in [1.54, 1.807) is 0 Å². The lowest BCUT2D eigenvalue weighted by atomic mass is 10.0. The van der Waals surface area contributed by atoms with Gasteiger partial charge in [-0.2, -0.15) is 0 Å². The zero-order valence-electron chi connectivity index (χ0n) is 21.2. The number of anilines is 1. The molecule has 8 heteroatoms. The Kier molecular flexibility index (Phi) is 7.18. The van der Waals surface area contributed by atoms with E-state index in [-0.39, 0.29) is 11.8 Å². The van der Waals surface area contributed by atoms with E-state index in [0.717, 1.165) is 49.5 Å². The molecule has 0 bridgehead atoms. The second-order valence-electron chi connectivity index (χ2n) is 9.97. The quantitative estimate of drug-likeness (QED) is 0.372. The summed E-state index contributed by atoms with van der Waals surface area (Å²) in [4.78, 5) is 28.1. The number of fused-ring (bicyclic) bond motifs is 2. The highest BCUT2D eigenvalue weighted by Crippen LogP contribution is 2.31. The minimum absolute atomic E-state index is 0.0531. The normalized spacial score (nSPS) is 16.1. The van der Waals surface area contributed by atoms with E-state index in [9.17, 15) is 4.79 Å². The number of hydrogen-bond acceptors (Lipinski definition) is 7. The van der Waals surface area contributed by atoms with Crippen molar-refractivity contribution < 1.29 is 4.79 Å². The fourth-order valence-corrected chi connectivity index (χ4v) is 6.16. The van der Waals surface area contributed by atoms with Crippen LogP contribution in [0.4, 0.5) is 5.82 Å². The first-order chi connectivity index (χ1) is 17.4. The van der Waals surface area contributed by atoms with Gasteiger partial charge in [-0.25, -0.2) is 9.97 Å². The van der Waals surface area contributed by atoms with E-state index < -0.39 is 6.04 Å². The highest BCUT2D eigenvalue weighted by atomic mass is 32.1. The predicted molar refractivity (Wildman–Crippen MR) is 148 cm³/mol. The van der Waals surface area contributed by atoms with Crippen LogP contribution in [-0.2, 0) is 17.9 Å². The number of carbonyl (C=O) groups excluding carboxylic acids is 1. The summed E-state index contributed by atoms with van der Waals surface area (Å²) in [5.74, 6) is 1.11. The maximum atomic E-state index is 12.0. The lowest BCUT2D eigenvalue weighted by molar-refractivity contribution is -0.119. The second-order valence-corrected chi connectivity index (χ2v) is 11.1. The number of nitrogens with two attached hydrogens (primary N) is 1. The Balaban J connectivity index is 1.27. The van der Waals surface area contributed by atoms with Gasteiger partial charge in [-0.05, 0) is 42.0 Å². The average molecular weight is 503 g/mol. The number of para-hydroxylation sites is 1. The summed E-state index contributed by atoms with van der Waals surface area (Å²) in [6, 6.07) is 16.1.